The number of aromatic nitrogens is 4. The van der Waals surface area contributed by atoms with Crippen molar-refractivity contribution < 1.29 is 4.79 Å². The van der Waals surface area contributed by atoms with Crippen molar-refractivity contribution in [2.75, 3.05) is 5.43 Å². The fourth-order valence-corrected chi connectivity index (χ4v) is 1.58. The molecule has 2 aromatic rings. The first kappa shape index (κ1) is 13.0. The molecule has 2 aromatic heterocycles. The van der Waals surface area contributed by atoms with Crippen molar-refractivity contribution >= 4 is 11.7 Å². The summed E-state index contributed by atoms with van der Waals surface area (Å²) in [4.78, 5) is 15.8. The number of anilines is 1. The lowest BCUT2D eigenvalue weighted by molar-refractivity contribution is 0.0930. The molecule has 1 unspecified atom stereocenters. The van der Waals surface area contributed by atoms with E-state index in [2.05, 4.69) is 25.9 Å². The number of nitrogen functional groups attached to an aromatic ring is 1. The van der Waals surface area contributed by atoms with Crippen LogP contribution in [0.15, 0.2) is 30.9 Å². The van der Waals surface area contributed by atoms with Crippen molar-refractivity contribution in [2.45, 2.75) is 19.5 Å². The van der Waals surface area contributed by atoms with Gasteiger partial charge in [0.15, 0.2) is 11.5 Å². The third-order valence-electron chi connectivity index (χ3n) is 2.47. The van der Waals surface area contributed by atoms with Crippen molar-refractivity contribution in [3.8, 4) is 0 Å². The first-order valence-corrected chi connectivity index (χ1v) is 5.76. The van der Waals surface area contributed by atoms with Gasteiger partial charge in [0, 0.05) is 25.0 Å². The highest BCUT2D eigenvalue weighted by Crippen LogP contribution is 2.01. The molecule has 8 heteroatoms. The molecule has 0 bridgehead atoms. The van der Waals surface area contributed by atoms with Crippen LogP contribution >= 0.6 is 0 Å². The van der Waals surface area contributed by atoms with E-state index in [9.17, 15) is 4.79 Å². The Labute approximate surface area is 110 Å². The molecule has 8 nitrogen and oxygen atoms in total. The van der Waals surface area contributed by atoms with Crippen LogP contribution < -0.4 is 16.6 Å². The van der Waals surface area contributed by atoms with E-state index in [0.29, 0.717) is 12.4 Å². The molecule has 2 rings (SSSR count). The lowest BCUT2D eigenvalue weighted by atomic mass is 10.3. The molecule has 1 amide bonds. The molecule has 0 saturated heterocycles. The Morgan fingerprint density at radius 3 is 2.89 bits per heavy atom. The van der Waals surface area contributed by atoms with E-state index < -0.39 is 0 Å². The van der Waals surface area contributed by atoms with Gasteiger partial charge in [0.05, 0.1) is 6.33 Å². The third-order valence-corrected chi connectivity index (χ3v) is 2.47. The second-order valence-corrected chi connectivity index (χ2v) is 4.08. The minimum atomic E-state index is -0.274. The SMILES string of the molecule is CC(Cn1ccnc1)NC(=O)c1ccc(NN)nn1. The van der Waals surface area contributed by atoms with Crippen LogP contribution in [0.25, 0.3) is 0 Å². The monoisotopic (exact) mass is 261 g/mol. The molecule has 0 aromatic carbocycles. The van der Waals surface area contributed by atoms with Gasteiger partial charge in [-0.25, -0.2) is 10.8 Å². The maximum Gasteiger partial charge on any atom is 0.272 e. The van der Waals surface area contributed by atoms with Crippen molar-refractivity contribution in [3.63, 3.8) is 0 Å². The molecule has 4 N–H and O–H groups in total. The van der Waals surface area contributed by atoms with Gasteiger partial charge in [-0.05, 0) is 19.1 Å². The second kappa shape index (κ2) is 5.91. The number of rotatable bonds is 5. The van der Waals surface area contributed by atoms with E-state index in [0.717, 1.165) is 0 Å². The Morgan fingerprint density at radius 2 is 2.32 bits per heavy atom. The van der Waals surface area contributed by atoms with Crippen LogP contribution in [-0.4, -0.2) is 31.7 Å². The standard InChI is InChI=1S/C11H15N7O/c1-8(6-18-5-4-13-7-18)14-11(19)9-2-3-10(15-12)17-16-9/h2-5,7-8H,6,12H2,1H3,(H,14,19)(H,15,17). The third kappa shape index (κ3) is 3.49. The number of hydrogen-bond donors (Lipinski definition) is 3. The summed E-state index contributed by atoms with van der Waals surface area (Å²) >= 11 is 0. The first-order chi connectivity index (χ1) is 9.19. The maximum atomic E-state index is 11.9. The molecular formula is C11H15N7O. The van der Waals surface area contributed by atoms with Crippen molar-refractivity contribution in [1.82, 2.24) is 25.1 Å². The predicted octanol–water partition coefficient (Wildman–Crippen LogP) is -0.223. The Bertz CT molecular complexity index is 522. The van der Waals surface area contributed by atoms with Gasteiger partial charge in [-0.1, -0.05) is 0 Å². The minimum Gasteiger partial charge on any atom is -0.346 e. The molecule has 2 heterocycles. The highest BCUT2D eigenvalue weighted by molar-refractivity contribution is 5.92. The fraction of sp³-hybridized carbons (Fsp3) is 0.273. The minimum absolute atomic E-state index is 0.0455. The molecule has 0 spiro atoms. The van der Waals surface area contributed by atoms with Crippen LogP contribution in [0.1, 0.15) is 17.4 Å². The zero-order valence-corrected chi connectivity index (χ0v) is 10.4. The topological polar surface area (TPSA) is 111 Å². The van der Waals surface area contributed by atoms with E-state index in [1.54, 1.807) is 24.7 Å². The summed E-state index contributed by atoms with van der Waals surface area (Å²) in [6.45, 7) is 2.54. The van der Waals surface area contributed by atoms with Gasteiger partial charge in [0.1, 0.15) is 0 Å². The molecule has 0 radical (unpaired) electrons. The zero-order valence-electron chi connectivity index (χ0n) is 10.4. The van der Waals surface area contributed by atoms with Crippen molar-refractivity contribution in [3.05, 3.63) is 36.5 Å². The normalized spacial score (nSPS) is 11.9. The maximum absolute atomic E-state index is 11.9. The summed E-state index contributed by atoms with van der Waals surface area (Å²) < 4.78 is 1.89. The van der Waals surface area contributed by atoms with Gasteiger partial charge in [-0.2, -0.15) is 0 Å². The van der Waals surface area contributed by atoms with E-state index in [-0.39, 0.29) is 17.6 Å². The number of nitrogens with zero attached hydrogens (tertiary/aromatic N) is 4. The first-order valence-electron chi connectivity index (χ1n) is 5.76. The molecule has 0 aliphatic carbocycles. The van der Waals surface area contributed by atoms with Crippen LogP contribution in [0.4, 0.5) is 5.82 Å². The lowest BCUT2D eigenvalue weighted by Gasteiger charge is -2.13. The molecule has 0 aliphatic rings. The fourth-order valence-electron chi connectivity index (χ4n) is 1.58. The van der Waals surface area contributed by atoms with Crippen molar-refractivity contribution in [1.29, 1.82) is 0 Å². The summed E-state index contributed by atoms with van der Waals surface area (Å²) in [6.07, 6.45) is 5.23. The average Bonchev–Trinajstić information content (AvgIpc) is 2.91. The average molecular weight is 261 g/mol. The molecular weight excluding hydrogens is 246 g/mol. The number of carbonyl (C=O) groups is 1. The summed E-state index contributed by atoms with van der Waals surface area (Å²) in [6, 6.07) is 3.10. The van der Waals surface area contributed by atoms with E-state index >= 15 is 0 Å². The van der Waals surface area contributed by atoms with Crippen LogP contribution in [-0.2, 0) is 6.54 Å². The highest BCUT2D eigenvalue weighted by Gasteiger charge is 2.11. The molecule has 100 valence electrons. The summed E-state index contributed by atoms with van der Waals surface area (Å²) in [5, 5.41) is 10.3. The van der Waals surface area contributed by atoms with Gasteiger partial charge >= 0.3 is 0 Å². The molecule has 1 atom stereocenters. The highest BCUT2D eigenvalue weighted by atomic mass is 16.2. The largest absolute Gasteiger partial charge is 0.346 e. The van der Waals surface area contributed by atoms with E-state index in [1.165, 1.54) is 0 Å². The molecule has 19 heavy (non-hydrogen) atoms. The quantitative estimate of drug-likeness (QED) is 0.507. The van der Waals surface area contributed by atoms with Crippen LogP contribution in [0.2, 0.25) is 0 Å². The Hall–Kier alpha value is -2.48. The number of nitrogens with one attached hydrogen (secondary N) is 2. The van der Waals surface area contributed by atoms with E-state index in [4.69, 9.17) is 5.84 Å². The number of hydrazine groups is 1. The Morgan fingerprint density at radius 1 is 1.47 bits per heavy atom. The number of imidazole rings is 1. The smallest absolute Gasteiger partial charge is 0.272 e. The molecule has 0 fully saturated rings. The second-order valence-electron chi connectivity index (χ2n) is 4.08. The number of amides is 1. The number of nitrogens with two attached hydrogens (primary N) is 1. The van der Waals surface area contributed by atoms with Gasteiger partial charge in [0.25, 0.3) is 5.91 Å². The van der Waals surface area contributed by atoms with Crippen LogP contribution in [0.3, 0.4) is 0 Å². The van der Waals surface area contributed by atoms with Crippen LogP contribution in [0, 0.1) is 0 Å². The number of carbonyl (C=O) groups excluding carboxylic acids is 1. The predicted molar refractivity (Wildman–Crippen MR) is 69.0 cm³/mol. The van der Waals surface area contributed by atoms with Gasteiger partial charge < -0.3 is 15.3 Å². The van der Waals surface area contributed by atoms with Gasteiger partial charge in [-0.3, -0.25) is 4.79 Å². The summed E-state index contributed by atoms with van der Waals surface area (Å²) in [7, 11) is 0. The van der Waals surface area contributed by atoms with Gasteiger partial charge in [0.2, 0.25) is 0 Å². The van der Waals surface area contributed by atoms with Crippen LogP contribution in [0.5, 0.6) is 0 Å². The summed E-state index contributed by atoms with van der Waals surface area (Å²) in [5.74, 6) is 5.30. The number of hydrogen-bond acceptors (Lipinski definition) is 6. The molecule has 0 saturated carbocycles. The summed E-state index contributed by atoms with van der Waals surface area (Å²) in [5.41, 5.74) is 2.59. The Balaban J connectivity index is 1.92. The van der Waals surface area contributed by atoms with Crippen molar-refractivity contribution in [2.24, 2.45) is 5.84 Å². The van der Waals surface area contributed by atoms with E-state index in [1.807, 2.05) is 17.7 Å². The molecule has 0 aliphatic heterocycles. The lowest BCUT2D eigenvalue weighted by Crippen LogP contribution is -2.36. The zero-order chi connectivity index (χ0) is 13.7. The van der Waals surface area contributed by atoms with Gasteiger partial charge in [-0.15, -0.1) is 10.2 Å². The Kier molecular flexibility index (Phi) is 4.04.